The van der Waals surface area contributed by atoms with E-state index < -0.39 is 0 Å². The van der Waals surface area contributed by atoms with Crippen LogP contribution < -0.4 is 15.4 Å². The van der Waals surface area contributed by atoms with Gasteiger partial charge in [-0.05, 0) is 72.7 Å². The van der Waals surface area contributed by atoms with E-state index in [0.29, 0.717) is 36.5 Å². The normalized spacial score (nSPS) is 14.8. The molecule has 3 heterocycles. The van der Waals surface area contributed by atoms with Crippen LogP contribution in [0.3, 0.4) is 0 Å². The van der Waals surface area contributed by atoms with Crippen molar-refractivity contribution in [2.24, 2.45) is 13.0 Å². The van der Waals surface area contributed by atoms with Crippen LogP contribution in [0.25, 0.3) is 11.0 Å². The van der Waals surface area contributed by atoms with Gasteiger partial charge in [0.1, 0.15) is 12.4 Å². The first kappa shape index (κ1) is 28.4. The first-order valence-corrected chi connectivity index (χ1v) is 14.0. The summed E-state index contributed by atoms with van der Waals surface area (Å²) in [6, 6.07) is 10.4. The predicted molar refractivity (Wildman–Crippen MR) is 161 cm³/mol. The Balaban J connectivity index is 1.39. The number of rotatable bonds is 9. The molecule has 216 valence electrons. The van der Waals surface area contributed by atoms with E-state index in [9.17, 15) is 4.79 Å². The lowest BCUT2D eigenvalue weighted by Gasteiger charge is -2.39. The molecule has 1 unspecified atom stereocenters. The third-order valence-corrected chi connectivity index (χ3v) is 7.60. The number of aromatic nitrogens is 4. The second kappa shape index (κ2) is 11.7. The summed E-state index contributed by atoms with van der Waals surface area (Å²) in [5.74, 6) is 2.39. The van der Waals surface area contributed by atoms with E-state index in [1.54, 1.807) is 24.9 Å². The largest absolute Gasteiger partial charge is 0.491 e. The summed E-state index contributed by atoms with van der Waals surface area (Å²) in [4.78, 5) is 23.7. The van der Waals surface area contributed by atoms with Gasteiger partial charge >= 0.3 is 0 Å². The van der Waals surface area contributed by atoms with Gasteiger partial charge in [0.05, 0.1) is 18.0 Å². The summed E-state index contributed by atoms with van der Waals surface area (Å²) in [6.45, 7) is 11.9. The number of hydrogen-bond donors (Lipinski definition) is 2. The highest BCUT2D eigenvalue weighted by atomic mass is 16.5. The average molecular weight is 558 g/mol. The Morgan fingerprint density at radius 1 is 1.12 bits per heavy atom. The van der Waals surface area contributed by atoms with Crippen LogP contribution in [0, 0.1) is 19.8 Å². The van der Waals surface area contributed by atoms with Crippen LogP contribution in [0.5, 0.6) is 5.75 Å². The number of fused-ring (bicyclic) bond motifs is 2. The molecule has 0 aliphatic carbocycles. The van der Waals surface area contributed by atoms with E-state index >= 15 is 0 Å². The highest BCUT2D eigenvalue weighted by molar-refractivity contribution is 5.90. The fraction of sp³-hybridized carbons (Fsp3) is 0.419. The number of aryl methyl sites for hydroxylation is 3. The van der Waals surface area contributed by atoms with Crippen LogP contribution in [0.1, 0.15) is 49.1 Å². The van der Waals surface area contributed by atoms with Crippen molar-refractivity contribution in [3.05, 3.63) is 58.8 Å². The molecule has 1 aliphatic rings. The van der Waals surface area contributed by atoms with Gasteiger partial charge < -0.3 is 25.0 Å². The molecule has 10 heteroatoms. The van der Waals surface area contributed by atoms with Crippen LogP contribution >= 0.6 is 0 Å². The summed E-state index contributed by atoms with van der Waals surface area (Å²) in [5, 5.41) is 12.4. The molecule has 0 saturated heterocycles. The molecule has 1 amide bonds. The van der Waals surface area contributed by atoms with Crippen LogP contribution in [-0.2, 0) is 23.0 Å². The van der Waals surface area contributed by atoms with E-state index in [2.05, 4.69) is 47.7 Å². The van der Waals surface area contributed by atoms with E-state index in [1.165, 1.54) is 11.1 Å². The first-order valence-electron chi connectivity index (χ1n) is 14.0. The molecule has 2 N–H and O–H groups in total. The van der Waals surface area contributed by atoms with Crippen molar-refractivity contribution in [2.45, 2.75) is 47.1 Å². The number of nitrogens with zero attached hydrogens (tertiary/aromatic N) is 5. The maximum atomic E-state index is 12.3. The number of ether oxygens (including phenoxy) is 2. The van der Waals surface area contributed by atoms with Crippen LogP contribution in [0.2, 0.25) is 0 Å². The molecule has 1 aliphatic heterocycles. The Kier molecular flexibility index (Phi) is 8.12. The zero-order chi connectivity index (χ0) is 29.3. The van der Waals surface area contributed by atoms with E-state index in [1.807, 2.05) is 37.9 Å². The number of nitrogens with one attached hydrogen (secondary N) is 2. The van der Waals surface area contributed by atoms with E-state index in [-0.39, 0.29) is 11.9 Å². The summed E-state index contributed by atoms with van der Waals surface area (Å²) in [6.07, 6.45) is 2.65. The second-order valence-electron chi connectivity index (χ2n) is 11.0. The van der Waals surface area contributed by atoms with Gasteiger partial charge in [-0.1, -0.05) is 19.9 Å². The summed E-state index contributed by atoms with van der Waals surface area (Å²) in [7, 11) is 3.53. The molecule has 0 spiro atoms. The van der Waals surface area contributed by atoms with Gasteiger partial charge in [-0.15, -0.1) is 0 Å². The Labute approximate surface area is 241 Å². The van der Waals surface area contributed by atoms with Crippen molar-refractivity contribution in [1.82, 2.24) is 24.6 Å². The summed E-state index contributed by atoms with van der Waals surface area (Å²) in [5.41, 5.74) is 7.13. The van der Waals surface area contributed by atoms with Gasteiger partial charge in [0, 0.05) is 45.2 Å². The number of anilines is 4. The summed E-state index contributed by atoms with van der Waals surface area (Å²) < 4.78 is 12.6. The molecule has 0 radical (unpaired) electrons. The van der Waals surface area contributed by atoms with E-state index in [4.69, 9.17) is 19.6 Å². The summed E-state index contributed by atoms with van der Waals surface area (Å²) >= 11 is 0. The molecule has 41 heavy (non-hydrogen) atoms. The molecule has 0 fully saturated rings. The Morgan fingerprint density at radius 2 is 1.88 bits per heavy atom. The molecule has 4 aromatic rings. The van der Waals surface area contributed by atoms with Crippen molar-refractivity contribution in [3.63, 3.8) is 0 Å². The maximum Gasteiger partial charge on any atom is 0.229 e. The SMILES string of the molecule is COCCOc1cc(C)c(Nc2nn(C)c3nc(Nc4ccc5c(c4)C(C(C)C)N(C(C)=O)CC5)ncc23)c(C)c1. The third-order valence-electron chi connectivity index (χ3n) is 7.60. The minimum Gasteiger partial charge on any atom is -0.491 e. The Bertz CT molecular complexity index is 1560. The second-order valence-corrected chi connectivity index (χ2v) is 11.0. The van der Waals surface area contributed by atoms with Gasteiger partial charge in [-0.2, -0.15) is 10.1 Å². The lowest BCUT2D eigenvalue weighted by molar-refractivity contribution is -0.132. The fourth-order valence-corrected chi connectivity index (χ4v) is 5.68. The molecular weight excluding hydrogens is 518 g/mol. The smallest absolute Gasteiger partial charge is 0.229 e. The lowest BCUT2D eigenvalue weighted by atomic mass is 9.86. The van der Waals surface area contributed by atoms with Crippen molar-refractivity contribution in [2.75, 3.05) is 37.5 Å². The minimum atomic E-state index is 0.0463. The number of methoxy groups -OCH3 is 1. The van der Waals surface area contributed by atoms with Gasteiger partial charge in [-0.3, -0.25) is 4.79 Å². The first-order chi connectivity index (χ1) is 19.7. The number of hydrogen-bond acceptors (Lipinski definition) is 8. The van der Waals surface area contributed by atoms with Crippen LogP contribution in [0.4, 0.5) is 23.1 Å². The predicted octanol–water partition coefficient (Wildman–Crippen LogP) is 5.59. The average Bonchev–Trinajstić information content (AvgIpc) is 3.24. The Morgan fingerprint density at radius 3 is 2.56 bits per heavy atom. The molecule has 10 nitrogen and oxygen atoms in total. The fourth-order valence-electron chi connectivity index (χ4n) is 5.68. The van der Waals surface area contributed by atoms with Crippen LogP contribution in [-0.4, -0.2) is 57.4 Å². The monoisotopic (exact) mass is 557 g/mol. The molecule has 2 aromatic carbocycles. The number of carbonyl (C=O) groups is 1. The highest BCUT2D eigenvalue weighted by Gasteiger charge is 2.31. The standard InChI is InChI=1S/C31H39N7O3/c1-18(2)28-25-16-23(9-8-22(25)10-11-38(28)21(5)39)33-31-32-17-26-29(36-37(6)30(26)35-31)34-27-19(3)14-24(15-20(27)4)41-13-12-40-7/h8-9,14-18,28H,10-13H2,1-7H3,(H,34,36)(H,32,33,35). The van der Waals surface area contributed by atoms with Gasteiger partial charge in [0.2, 0.25) is 11.9 Å². The molecule has 1 atom stereocenters. The number of carbonyl (C=O) groups excluding carboxylic acids is 1. The lowest BCUT2D eigenvalue weighted by Crippen LogP contribution is -2.41. The van der Waals surface area contributed by atoms with Crippen molar-refractivity contribution in [3.8, 4) is 5.75 Å². The molecule has 2 aromatic heterocycles. The minimum absolute atomic E-state index is 0.0463. The molecule has 5 rings (SSSR count). The zero-order valence-electron chi connectivity index (χ0n) is 24.9. The van der Waals surface area contributed by atoms with Crippen LogP contribution in [0.15, 0.2) is 36.5 Å². The zero-order valence-corrected chi connectivity index (χ0v) is 24.9. The molecule has 0 bridgehead atoms. The Hall–Kier alpha value is -4.18. The topological polar surface area (TPSA) is 106 Å². The number of amides is 1. The van der Waals surface area contributed by atoms with Gasteiger partial charge in [-0.25, -0.2) is 9.67 Å². The van der Waals surface area contributed by atoms with Gasteiger partial charge in [0.25, 0.3) is 0 Å². The molecule has 0 saturated carbocycles. The van der Waals surface area contributed by atoms with Gasteiger partial charge in [0.15, 0.2) is 11.5 Å². The van der Waals surface area contributed by atoms with Crippen molar-refractivity contribution >= 4 is 40.1 Å². The van der Waals surface area contributed by atoms with E-state index in [0.717, 1.165) is 46.6 Å². The maximum absolute atomic E-state index is 12.3. The third kappa shape index (κ3) is 5.83. The number of benzene rings is 2. The quantitative estimate of drug-likeness (QED) is 0.256. The molecular formula is C31H39N7O3. The van der Waals surface area contributed by atoms with Crippen molar-refractivity contribution < 1.29 is 14.3 Å². The van der Waals surface area contributed by atoms with Crippen molar-refractivity contribution in [1.29, 1.82) is 0 Å². The highest BCUT2D eigenvalue weighted by Crippen LogP contribution is 2.37.